The van der Waals surface area contributed by atoms with Gasteiger partial charge in [-0.25, -0.2) is 4.98 Å². The van der Waals surface area contributed by atoms with Crippen LogP contribution in [0.15, 0.2) is 54.9 Å². The Balaban J connectivity index is 0.00000192. The highest BCUT2D eigenvalue weighted by Crippen LogP contribution is 2.27. The number of aromatic nitrogens is 2. The second-order valence-corrected chi connectivity index (χ2v) is 5.84. The van der Waals surface area contributed by atoms with E-state index in [1.165, 1.54) is 11.3 Å². The molecule has 0 unspecified atom stereocenters. The molecule has 0 aliphatic rings. The summed E-state index contributed by atoms with van der Waals surface area (Å²) in [6.45, 7) is 2.35. The van der Waals surface area contributed by atoms with E-state index >= 15 is 0 Å². The molecule has 0 saturated carbocycles. The average Bonchev–Trinajstić information content (AvgIpc) is 2.96. The van der Waals surface area contributed by atoms with Crippen molar-refractivity contribution in [2.45, 2.75) is 20.9 Å². The van der Waals surface area contributed by atoms with Gasteiger partial charge in [0.1, 0.15) is 9.88 Å². The number of carbonyl (C=O) groups is 1. The van der Waals surface area contributed by atoms with Gasteiger partial charge >= 0.3 is 0 Å². The van der Waals surface area contributed by atoms with E-state index < -0.39 is 0 Å². The van der Waals surface area contributed by atoms with Crippen LogP contribution in [0.5, 0.6) is 0 Å². The fourth-order valence-electron chi connectivity index (χ4n) is 2.07. The summed E-state index contributed by atoms with van der Waals surface area (Å²) in [5.74, 6) is -0.0889. The minimum atomic E-state index is -0.0889. The Morgan fingerprint density at radius 1 is 1.13 bits per heavy atom. The maximum absolute atomic E-state index is 12.3. The van der Waals surface area contributed by atoms with Crippen molar-refractivity contribution in [1.29, 1.82) is 0 Å². The van der Waals surface area contributed by atoms with Crippen molar-refractivity contribution in [1.82, 2.24) is 15.3 Å². The molecular weight excluding hydrogens is 306 g/mol. The van der Waals surface area contributed by atoms with Crippen LogP contribution in [0.3, 0.4) is 0 Å². The Labute approximate surface area is 140 Å². The summed E-state index contributed by atoms with van der Waals surface area (Å²) in [7, 11) is 0. The maximum Gasteiger partial charge on any atom is 0.263 e. The molecule has 0 bridgehead atoms. The molecule has 118 valence electrons. The average molecular weight is 325 g/mol. The highest BCUT2D eigenvalue weighted by molar-refractivity contribution is 7.17. The van der Waals surface area contributed by atoms with Crippen LogP contribution in [0.4, 0.5) is 0 Å². The number of nitrogens with one attached hydrogen (secondary N) is 1. The van der Waals surface area contributed by atoms with Gasteiger partial charge in [0.25, 0.3) is 5.91 Å². The second kappa shape index (κ2) is 7.65. The van der Waals surface area contributed by atoms with Gasteiger partial charge in [0, 0.05) is 24.5 Å². The first-order valence-corrected chi connectivity index (χ1v) is 7.75. The van der Waals surface area contributed by atoms with Gasteiger partial charge < -0.3 is 5.32 Å². The summed E-state index contributed by atoms with van der Waals surface area (Å²) < 4.78 is 0. The van der Waals surface area contributed by atoms with Crippen LogP contribution in [0, 0.1) is 6.92 Å². The summed E-state index contributed by atoms with van der Waals surface area (Å²) in [5.41, 5.74) is 2.81. The fraction of sp³-hybridized carbons (Fsp3) is 0.167. The van der Waals surface area contributed by atoms with E-state index in [4.69, 9.17) is 0 Å². The molecule has 0 fully saturated rings. The van der Waals surface area contributed by atoms with Crippen molar-refractivity contribution in [2.75, 3.05) is 0 Å². The Bertz CT molecular complexity index is 769. The Morgan fingerprint density at radius 3 is 2.52 bits per heavy atom. The number of benzene rings is 1. The number of rotatable bonds is 4. The molecule has 1 amide bonds. The zero-order valence-corrected chi connectivity index (χ0v) is 12.9. The van der Waals surface area contributed by atoms with E-state index in [1.54, 1.807) is 12.4 Å². The SMILES string of the molecule is C.Cc1nc(-c2ccccc2)sc1C(=O)NCc1ccncc1. The van der Waals surface area contributed by atoms with E-state index in [2.05, 4.69) is 15.3 Å². The maximum atomic E-state index is 12.3. The van der Waals surface area contributed by atoms with Gasteiger partial charge in [0.15, 0.2) is 0 Å². The Morgan fingerprint density at radius 2 is 1.83 bits per heavy atom. The topological polar surface area (TPSA) is 54.9 Å². The van der Waals surface area contributed by atoms with Gasteiger partial charge in [-0.2, -0.15) is 0 Å². The summed E-state index contributed by atoms with van der Waals surface area (Å²) in [6, 6.07) is 13.7. The number of amides is 1. The molecule has 0 aliphatic heterocycles. The van der Waals surface area contributed by atoms with E-state index in [0.717, 1.165) is 21.8 Å². The molecule has 2 heterocycles. The number of nitrogens with zero attached hydrogens (tertiary/aromatic N) is 2. The molecule has 4 nitrogen and oxygen atoms in total. The van der Waals surface area contributed by atoms with Crippen molar-refractivity contribution < 1.29 is 4.79 Å². The third kappa shape index (κ3) is 4.02. The molecule has 0 radical (unpaired) electrons. The molecule has 3 aromatic rings. The molecule has 0 saturated heterocycles. The second-order valence-electron chi connectivity index (χ2n) is 4.84. The smallest absolute Gasteiger partial charge is 0.263 e. The van der Waals surface area contributed by atoms with Crippen LogP contribution in [-0.4, -0.2) is 15.9 Å². The lowest BCUT2D eigenvalue weighted by Crippen LogP contribution is -2.22. The first-order valence-electron chi connectivity index (χ1n) is 6.94. The van der Waals surface area contributed by atoms with E-state index in [1.807, 2.05) is 49.4 Å². The van der Waals surface area contributed by atoms with Crippen LogP contribution >= 0.6 is 11.3 Å². The van der Waals surface area contributed by atoms with Crippen molar-refractivity contribution in [2.24, 2.45) is 0 Å². The molecule has 0 atom stereocenters. The third-order valence-corrected chi connectivity index (χ3v) is 4.43. The van der Waals surface area contributed by atoms with Gasteiger partial charge in [-0.3, -0.25) is 9.78 Å². The third-order valence-electron chi connectivity index (χ3n) is 3.23. The highest BCUT2D eigenvalue weighted by atomic mass is 32.1. The van der Waals surface area contributed by atoms with Crippen LogP contribution in [0.25, 0.3) is 10.6 Å². The minimum Gasteiger partial charge on any atom is -0.347 e. The van der Waals surface area contributed by atoms with Crippen molar-refractivity contribution in [3.63, 3.8) is 0 Å². The Kier molecular flexibility index (Phi) is 5.60. The number of thiazole rings is 1. The Hall–Kier alpha value is -2.53. The van der Waals surface area contributed by atoms with Crippen molar-refractivity contribution in [3.8, 4) is 10.6 Å². The first-order chi connectivity index (χ1) is 10.7. The monoisotopic (exact) mass is 325 g/mol. The van der Waals surface area contributed by atoms with Crippen LogP contribution < -0.4 is 5.32 Å². The lowest BCUT2D eigenvalue weighted by molar-refractivity contribution is 0.0954. The van der Waals surface area contributed by atoms with Gasteiger partial charge in [-0.1, -0.05) is 37.8 Å². The van der Waals surface area contributed by atoms with Crippen molar-refractivity contribution in [3.05, 3.63) is 71.0 Å². The quantitative estimate of drug-likeness (QED) is 0.786. The number of carbonyl (C=O) groups excluding carboxylic acids is 1. The van der Waals surface area contributed by atoms with Crippen LogP contribution in [0.2, 0.25) is 0 Å². The molecule has 0 aliphatic carbocycles. The standard InChI is InChI=1S/C17H15N3OS.CH4/c1-12-15(16(21)19-11-13-7-9-18-10-8-13)22-17(20-12)14-5-3-2-4-6-14;/h2-10H,11H2,1H3,(H,19,21);1H4. The first kappa shape index (κ1) is 16.8. The molecule has 3 rings (SSSR count). The lowest BCUT2D eigenvalue weighted by Gasteiger charge is -2.03. The number of pyridine rings is 1. The zero-order valence-electron chi connectivity index (χ0n) is 12.1. The molecule has 2 aromatic heterocycles. The normalized spacial score (nSPS) is 9.96. The minimum absolute atomic E-state index is 0. The van der Waals surface area contributed by atoms with E-state index in [0.29, 0.717) is 11.4 Å². The lowest BCUT2D eigenvalue weighted by atomic mass is 10.2. The molecule has 5 heteroatoms. The van der Waals surface area contributed by atoms with Gasteiger partial charge in [-0.05, 0) is 24.6 Å². The predicted octanol–water partition coefficient (Wildman–Crippen LogP) is 4.08. The molecular formula is C18H19N3OS. The largest absolute Gasteiger partial charge is 0.347 e. The molecule has 23 heavy (non-hydrogen) atoms. The number of aryl methyl sites for hydroxylation is 1. The molecule has 1 N–H and O–H groups in total. The number of hydrogen-bond donors (Lipinski definition) is 1. The summed E-state index contributed by atoms with van der Waals surface area (Å²) in [4.78, 5) is 21.5. The van der Waals surface area contributed by atoms with E-state index in [-0.39, 0.29) is 13.3 Å². The van der Waals surface area contributed by atoms with E-state index in [9.17, 15) is 4.79 Å². The summed E-state index contributed by atoms with van der Waals surface area (Å²) in [6.07, 6.45) is 3.43. The summed E-state index contributed by atoms with van der Waals surface area (Å²) in [5, 5.41) is 3.79. The van der Waals surface area contributed by atoms with Gasteiger partial charge in [0.05, 0.1) is 5.69 Å². The fourth-order valence-corrected chi connectivity index (χ4v) is 3.06. The van der Waals surface area contributed by atoms with Crippen LogP contribution in [-0.2, 0) is 6.54 Å². The highest BCUT2D eigenvalue weighted by Gasteiger charge is 2.15. The van der Waals surface area contributed by atoms with Gasteiger partial charge in [0.2, 0.25) is 0 Å². The predicted molar refractivity (Wildman–Crippen MR) is 94.4 cm³/mol. The molecule has 0 spiro atoms. The van der Waals surface area contributed by atoms with Crippen LogP contribution in [0.1, 0.15) is 28.4 Å². The summed E-state index contributed by atoms with van der Waals surface area (Å²) >= 11 is 1.42. The van der Waals surface area contributed by atoms with Crippen molar-refractivity contribution >= 4 is 17.2 Å². The zero-order chi connectivity index (χ0) is 15.4. The number of hydrogen-bond acceptors (Lipinski definition) is 4. The van der Waals surface area contributed by atoms with Gasteiger partial charge in [-0.15, -0.1) is 11.3 Å². The molecule has 1 aromatic carbocycles.